The molecule has 1 rings (SSSR count). The number of ether oxygens (including phenoxy) is 1. The van der Waals surface area contributed by atoms with Crippen LogP contribution in [0.1, 0.15) is 12.1 Å². The lowest BCUT2D eigenvalue weighted by Crippen LogP contribution is -2.20. The van der Waals surface area contributed by atoms with Crippen molar-refractivity contribution in [2.24, 2.45) is 5.84 Å². The maximum Gasteiger partial charge on any atom is 0.332 e. The molecule has 10 heteroatoms. The van der Waals surface area contributed by atoms with E-state index < -0.39 is 11.0 Å². The van der Waals surface area contributed by atoms with Gasteiger partial charge in [-0.3, -0.25) is 15.5 Å². The number of aliphatic hydroxyl groups excluding tert-OH is 1. The zero-order chi connectivity index (χ0) is 15.1. The number of nitrogens with zero attached hydrogens (tertiary/aromatic N) is 3. The maximum atomic E-state index is 11.0. The minimum Gasteiger partial charge on any atom is -0.391 e. The van der Waals surface area contributed by atoms with Crippen molar-refractivity contribution in [3.05, 3.63) is 15.8 Å². The van der Waals surface area contributed by atoms with Gasteiger partial charge < -0.3 is 15.2 Å². The van der Waals surface area contributed by atoms with Crippen LogP contribution in [-0.2, 0) is 4.74 Å². The highest BCUT2D eigenvalue weighted by Crippen LogP contribution is 2.26. The summed E-state index contributed by atoms with van der Waals surface area (Å²) >= 11 is 0. The molecule has 112 valence electrons. The van der Waals surface area contributed by atoms with E-state index in [1.54, 1.807) is 0 Å². The lowest BCUT2D eigenvalue weighted by molar-refractivity contribution is -0.385. The predicted molar refractivity (Wildman–Crippen MR) is 72.2 cm³/mol. The predicted octanol–water partition coefficient (Wildman–Crippen LogP) is -0.212. The summed E-state index contributed by atoms with van der Waals surface area (Å²) in [6.07, 6.45) is -0.291. The first kappa shape index (κ1) is 16.0. The van der Waals surface area contributed by atoms with Crippen LogP contribution in [0, 0.1) is 17.0 Å². The van der Waals surface area contributed by atoms with Crippen LogP contribution in [0.2, 0.25) is 0 Å². The second kappa shape index (κ2) is 7.53. The van der Waals surface area contributed by atoms with Crippen LogP contribution in [0.15, 0.2) is 0 Å². The Labute approximate surface area is 115 Å². The van der Waals surface area contributed by atoms with Gasteiger partial charge in [0.1, 0.15) is 5.69 Å². The molecule has 20 heavy (non-hydrogen) atoms. The Morgan fingerprint density at radius 2 is 2.25 bits per heavy atom. The molecule has 1 heterocycles. The highest BCUT2D eigenvalue weighted by Gasteiger charge is 2.21. The summed E-state index contributed by atoms with van der Waals surface area (Å²) in [7, 11) is 1.48. The lowest BCUT2D eigenvalue weighted by Gasteiger charge is -2.11. The molecule has 1 unspecified atom stereocenters. The summed E-state index contributed by atoms with van der Waals surface area (Å²) < 4.78 is 4.79. The molecule has 1 aromatic heterocycles. The smallest absolute Gasteiger partial charge is 0.332 e. The van der Waals surface area contributed by atoms with Gasteiger partial charge in [-0.1, -0.05) is 0 Å². The Hall–Kier alpha value is -2.04. The topological polar surface area (TPSA) is 148 Å². The Balaban J connectivity index is 2.81. The van der Waals surface area contributed by atoms with Gasteiger partial charge in [0, 0.05) is 13.7 Å². The average molecular weight is 286 g/mol. The molecule has 0 amide bonds. The summed E-state index contributed by atoms with van der Waals surface area (Å²) in [6.45, 7) is 1.99. The quantitative estimate of drug-likeness (QED) is 0.289. The number of hydrogen-bond donors (Lipinski definition) is 4. The lowest BCUT2D eigenvalue weighted by atomic mass is 10.2. The third-order valence-electron chi connectivity index (χ3n) is 2.50. The van der Waals surface area contributed by atoms with Crippen LogP contribution in [0.25, 0.3) is 0 Å². The SMILES string of the molecule is COCC(O)CCNc1nc(NN)nc(C)c1[N+](=O)[O-]. The van der Waals surface area contributed by atoms with E-state index in [9.17, 15) is 15.2 Å². The van der Waals surface area contributed by atoms with E-state index in [2.05, 4.69) is 20.7 Å². The Morgan fingerprint density at radius 1 is 1.55 bits per heavy atom. The van der Waals surface area contributed by atoms with E-state index in [-0.39, 0.29) is 29.8 Å². The van der Waals surface area contributed by atoms with Crippen molar-refractivity contribution in [3.8, 4) is 0 Å². The van der Waals surface area contributed by atoms with Crippen LogP contribution in [0.4, 0.5) is 17.5 Å². The third-order valence-corrected chi connectivity index (χ3v) is 2.50. The molecular weight excluding hydrogens is 268 g/mol. The number of aryl methyl sites for hydroxylation is 1. The Morgan fingerprint density at radius 3 is 2.80 bits per heavy atom. The monoisotopic (exact) mass is 286 g/mol. The van der Waals surface area contributed by atoms with E-state index in [0.29, 0.717) is 13.0 Å². The fourth-order valence-electron chi connectivity index (χ4n) is 1.61. The van der Waals surface area contributed by atoms with Crippen molar-refractivity contribution in [1.82, 2.24) is 9.97 Å². The number of aromatic nitrogens is 2. The number of anilines is 2. The fourth-order valence-corrected chi connectivity index (χ4v) is 1.61. The number of aliphatic hydroxyl groups is 1. The summed E-state index contributed by atoms with van der Waals surface area (Å²) in [6, 6.07) is 0. The first-order chi connectivity index (χ1) is 9.49. The number of nitrogens with one attached hydrogen (secondary N) is 2. The van der Waals surface area contributed by atoms with Crippen LogP contribution in [-0.4, -0.2) is 46.4 Å². The Bertz CT molecular complexity index is 469. The number of methoxy groups -OCH3 is 1. The van der Waals surface area contributed by atoms with E-state index >= 15 is 0 Å². The first-order valence-electron chi connectivity index (χ1n) is 5.90. The molecule has 0 spiro atoms. The van der Waals surface area contributed by atoms with Crippen LogP contribution < -0.4 is 16.6 Å². The normalized spacial score (nSPS) is 12.0. The highest BCUT2D eigenvalue weighted by atomic mass is 16.6. The van der Waals surface area contributed by atoms with Crippen LogP contribution >= 0.6 is 0 Å². The molecule has 0 saturated heterocycles. The second-order valence-corrected chi connectivity index (χ2v) is 4.06. The zero-order valence-electron chi connectivity index (χ0n) is 11.3. The average Bonchev–Trinajstić information content (AvgIpc) is 2.37. The molecule has 0 aromatic carbocycles. The second-order valence-electron chi connectivity index (χ2n) is 4.06. The first-order valence-corrected chi connectivity index (χ1v) is 5.90. The number of nitrogen functional groups attached to an aromatic ring is 1. The summed E-state index contributed by atoms with van der Waals surface area (Å²) in [5.74, 6) is 5.33. The summed E-state index contributed by atoms with van der Waals surface area (Å²) in [5, 5.41) is 23.3. The molecule has 5 N–H and O–H groups in total. The van der Waals surface area contributed by atoms with Gasteiger partial charge in [-0.15, -0.1) is 0 Å². The van der Waals surface area contributed by atoms with Crippen molar-refractivity contribution in [2.75, 3.05) is 31.0 Å². The van der Waals surface area contributed by atoms with Crippen molar-refractivity contribution >= 4 is 17.5 Å². The molecule has 0 bridgehead atoms. The Kier molecular flexibility index (Phi) is 6.03. The number of nitrogens with two attached hydrogens (primary N) is 1. The van der Waals surface area contributed by atoms with Gasteiger partial charge in [0.2, 0.25) is 11.8 Å². The van der Waals surface area contributed by atoms with Crippen LogP contribution in [0.3, 0.4) is 0 Å². The molecule has 10 nitrogen and oxygen atoms in total. The van der Waals surface area contributed by atoms with Crippen molar-refractivity contribution in [1.29, 1.82) is 0 Å². The molecule has 0 aliphatic heterocycles. The minimum atomic E-state index is -0.651. The largest absolute Gasteiger partial charge is 0.391 e. The van der Waals surface area contributed by atoms with Crippen molar-refractivity contribution in [2.45, 2.75) is 19.4 Å². The number of rotatable bonds is 8. The number of nitro groups is 1. The highest BCUT2D eigenvalue weighted by molar-refractivity contribution is 5.60. The standard InChI is InChI=1S/C10H18N6O4/c1-6-8(16(18)19)9(14-10(13-6)15-11)12-4-3-7(17)5-20-2/h7,17H,3-5,11H2,1-2H3,(H2,12,13,14,15). The van der Waals surface area contributed by atoms with Crippen LogP contribution in [0.5, 0.6) is 0 Å². The van der Waals surface area contributed by atoms with Gasteiger partial charge in [0.25, 0.3) is 0 Å². The molecule has 0 aliphatic carbocycles. The van der Waals surface area contributed by atoms with E-state index in [0.717, 1.165) is 0 Å². The van der Waals surface area contributed by atoms with Gasteiger partial charge in [-0.25, -0.2) is 10.8 Å². The van der Waals surface area contributed by atoms with Crippen molar-refractivity contribution < 1.29 is 14.8 Å². The van der Waals surface area contributed by atoms with Crippen molar-refractivity contribution in [3.63, 3.8) is 0 Å². The molecule has 1 aromatic rings. The molecular formula is C10H18N6O4. The summed E-state index contributed by atoms with van der Waals surface area (Å²) in [5.41, 5.74) is 2.21. The molecule has 0 aliphatic rings. The molecule has 0 fully saturated rings. The van der Waals surface area contributed by atoms with E-state index in [1.807, 2.05) is 0 Å². The van der Waals surface area contributed by atoms with Gasteiger partial charge in [-0.2, -0.15) is 4.98 Å². The third kappa shape index (κ3) is 4.26. The van der Waals surface area contributed by atoms with Gasteiger partial charge in [-0.05, 0) is 13.3 Å². The van der Waals surface area contributed by atoms with Gasteiger partial charge in [0.05, 0.1) is 17.6 Å². The fraction of sp³-hybridized carbons (Fsp3) is 0.600. The maximum absolute atomic E-state index is 11.0. The van der Waals surface area contributed by atoms with Gasteiger partial charge >= 0.3 is 5.69 Å². The molecule has 0 radical (unpaired) electrons. The van der Waals surface area contributed by atoms with Gasteiger partial charge in [0.15, 0.2) is 0 Å². The number of hydrogen-bond acceptors (Lipinski definition) is 9. The summed E-state index contributed by atoms with van der Waals surface area (Å²) in [4.78, 5) is 18.2. The number of hydrazine groups is 1. The zero-order valence-corrected chi connectivity index (χ0v) is 11.3. The van der Waals surface area contributed by atoms with E-state index in [1.165, 1.54) is 14.0 Å². The minimum absolute atomic E-state index is 0.0556. The molecule has 0 saturated carbocycles. The van der Waals surface area contributed by atoms with E-state index in [4.69, 9.17) is 10.6 Å². The molecule has 1 atom stereocenters.